The van der Waals surface area contributed by atoms with E-state index in [9.17, 15) is 4.79 Å². The maximum atomic E-state index is 11.0. The molecule has 6 heteroatoms. The molecule has 0 bridgehead atoms. The number of amides is 1. The zero-order valence-corrected chi connectivity index (χ0v) is 14.0. The Kier molecular flexibility index (Phi) is 8.37. The number of carbonyl (C=O) groups is 1. The van der Waals surface area contributed by atoms with E-state index in [-0.39, 0.29) is 30.7 Å². The van der Waals surface area contributed by atoms with Gasteiger partial charge in [-0.3, -0.25) is 10.2 Å². The SMILES string of the molecule is CC(=N)N1CCC(c2ccc(NC(C)=O)cc2)CC1.Cl.Cl. The van der Waals surface area contributed by atoms with Crippen molar-refractivity contribution in [1.82, 2.24) is 4.90 Å². The lowest BCUT2D eigenvalue weighted by Crippen LogP contribution is -2.35. The van der Waals surface area contributed by atoms with Gasteiger partial charge >= 0.3 is 0 Å². The summed E-state index contributed by atoms with van der Waals surface area (Å²) >= 11 is 0. The second-order valence-electron chi connectivity index (χ2n) is 5.15. The van der Waals surface area contributed by atoms with Crippen LogP contribution in [0.2, 0.25) is 0 Å². The summed E-state index contributed by atoms with van der Waals surface area (Å²) < 4.78 is 0. The Hall–Kier alpha value is -1.26. The van der Waals surface area contributed by atoms with Crippen LogP contribution in [0.3, 0.4) is 0 Å². The Morgan fingerprint density at radius 3 is 2.10 bits per heavy atom. The molecular weight excluding hydrogens is 309 g/mol. The molecule has 0 aliphatic carbocycles. The third-order valence-corrected chi connectivity index (χ3v) is 3.67. The average Bonchev–Trinajstić information content (AvgIpc) is 2.39. The van der Waals surface area contributed by atoms with Crippen LogP contribution in [0.4, 0.5) is 5.69 Å². The Morgan fingerprint density at radius 2 is 1.67 bits per heavy atom. The highest BCUT2D eigenvalue weighted by Crippen LogP contribution is 2.28. The number of amidine groups is 1. The monoisotopic (exact) mass is 331 g/mol. The third-order valence-electron chi connectivity index (χ3n) is 3.67. The number of rotatable bonds is 2. The third kappa shape index (κ3) is 5.56. The number of halogens is 2. The molecule has 21 heavy (non-hydrogen) atoms. The van der Waals surface area contributed by atoms with Gasteiger partial charge in [0.2, 0.25) is 5.91 Å². The van der Waals surface area contributed by atoms with Crippen LogP contribution in [0.5, 0.6) is 0 Å². The lowest BCUT2D eigenvalue weighted by molar-refractivity contribution is -0.114. The van der Waals surface area contributed by atoms with Crippen LogP contribution >= 0.6 is 24.8 Å². The summed E-state index contributed by atoms with van der Waals surface area (Å²) in [6.45, 7) is 5.30. The number of anilines is 1. The molecule has 1 fully saturated rings. The molecule has 0 radical (unpaired) electrons. The normalized spacial score (nSPS) is 14.7. The highest BCUT2D eigenvalue weighted by molar-refractivity contribution is 5.88. The summed E-state index contributed by atoms with van der Waals surface area (Å²) in [5.41, 5.74) is 2.18. The van der Waals surface area contributed by atoms with Gasteiger partial charge in [0.25, 0.3) is 0 Å². The first-order valence-corrected chi connectivity index (χ1v) is 6.74. The fourth-order valence-corrected chi connectivity index (χ4v) is 2.59. The number of hydrogen-bond donors (Lipinski definition) is 2. The molecule has 1 aromatic rings. The molecule has 2 N–H and O–H groups in total. The number of benzene rings is 1. The van der Waals surface area contributed by atoms with Crippen molar-refractivity contribution in [1.29, 1.82) is 5.41 Å². The molecule has 0 aromatic heterocycles. The van der Waals surface area contributed by atoms with Gasteiger partial charge in [-0.2, -0.15) is 0 Å². The van der Waals surface area contributed by atoms with Crippen LogP contribution in [0.1, 0.15) is 38.2 Å². The summed E-state index contributed by atoms with van der Waals surface area (Å²) in [6, 6.07) is 8.13. The van der Waals surface area contributed by atoms with Crippen LogP contribution in [-0.2, 0) is 4.79 Å². The van der Waals surface area contributed by atoms with Crippen LogP contribution in [0.15, 0.2) is 24.3 Å². The van der Waals surface area contributed by atoms with Gasteiger partial charge in [0.1, 0.15) is 0 Å². The van der Waals surface area contributed by atoms with Gasteiger partial charge in [-0.25, -0.2) is 0 Å². The molecule has 0 unspecified atom stereocenters. The van der Waals surface area contributed by atoms with E-state index in [0.29, 0.717) is 11.8 Å². The molecule has 1 saturated heterocycles. The fourth-order valence-electron chi connectivity index (χ4n) is 2.59. The summed E-state index contributed by atoms with van der Waals surface area (Å²) in [5.74, 6) is 1.20. The first kappa shape index (κ1) is 19.7. The van der Waals surface area contributed by atoms with Crippen molar-refractivity contribution in [2.75, 3.05) is 18.4 Å². The molecule has 1 aliphatic heterocycles. The standard InChI is InChI=1S/C15H21N3O.2ClH/c1-11(16)18-9-7-14(8-10-18)13-3-5-15(6-4-13)17-12(2)19;;/h3-6,14,16H,7-10H2,1-2H3,(H,17,19);2*1H. The first-order chi connectivity index (χ1) is 9.06. The number of piperidine rings is 1. The average molecular weight is 332 g/mol. The molecule has 1 amide bonds. The van der Waals surface area contributed by atoms with Crippen molar-refractivity contribution in [3.8, 4) is 0 Å². The van der Waals surface area contributed by atoms with E-state index >= 15 is 0 Å². The van der Waals surface area contributed by atoms with Gasteiger partial charge in [0, 0.05) is 25.7 Å². The van der Waals surface area contributed by atoms with Crippen molar-refractivity contribution < 1.29 is 4.79 Å². The Labute approximate surface area is 138 Å². The lowest BCUT2D eigenvalue weighted by atomic mass is 9.89. The molecule has 1 heterocycles. The summed E-state index contributed by atoms with van der Waals surface area (Å²) in [5, 5.41) is 10.4. The van der Waals surface area contributed by atoms with E-state index < -0.39 is 0 Å². The lowest BCUT2D eigenvalue weighted by Gasteiger charge is -2.33. The predicted octanol–water partition coefficient (Wildman–Crippen LogP) is 3.67. The molecule has 4 nitrogen and oxygen atoms in total. The molecule has 1 aliphatic rings. The van der Waals surface area contributed by atoms with E-state index in [1.54, 1.807) is 0 Å². The van der Waals surface area contributed by atoms with Gasteiger partial charge in [0.15, 0.2) is 0 Å². The van der Waals surface area contributed by atoms with Crippen LogP contribution in [0, 0.1) is 5.41 Å². The number of nitrogens with zero attached hydrogens (tertiary/aromatic N) is 1. The minimum atomic E-state index is -0.0393. The minimum Gasteiger partial charge on any atom is -0.361 e. The van der Waals surface area contributed by atoms with Crippen molar-refractivity contribution in [3.05, 3.63) is 29.8 Å². The molecule has 0 saturated carbocycles. The molecule has 0 spiro atoms. The smallest absolute Gasteiger partial charge is 0.221 e. The Morgan fingerprint density at radius 1 is 1.14 bits per heavy atom. The molecule has 0 atom stereocenters. The number of carbonyl (C=O) groups excluding carboxylic acids is 1. The van der Waals surface area contributed by atoms with Gasteiger partial charge in [-0.1, -0.05) is 12.1 Å². The zero-order valence-electron chi connectivity index (χ0n) is 12.4. The minimum absolute atomic E-state index is 0. The van der Waals surface area contributed by atoms with Crippen molar-refractivity contribution >= 4 is 42.2 Å². The highest BCUT2D eigenvalue weighted by Gasteiger charge is 2.20. The number of nitrogens with one attached hydrogen (secondary N) is 2. The van der Waals surface area contributed by atoms with Crippen molar-refractivity contribution in [2.24, 2.45) is 0 Å². The number of likely N-dealkylation sites (tertiary alicyclic amines) is 1. The van der Waals surface area contributed by atoms with Gasteiger partial charge in [0.05, 0.1) is 5.84 Å². The topological polar surface area (TPSA) is 56.2 Å². The summed E-state index contributed by atoms with van der Waals surface area (Å²) in [4.78, 5) is 13.1. The predicted molar refractivity (Wildman–Crippen MR) is 92.2 cm³/mol. The van der Waals surface area contributed by atoms with E-state index in [1.807, 2.05) is 19.1 Å². The van der Waals surface area contributed by atoms with Crippen molar-refractivity contribution in [3.63, 3.8) is 0 Å². The van der Waals surface area contributed by atoms with E-state index in [1.165, 1.54) is 12.5 Å². The summed E-state index contributed by atoms with van der Waals surface area (Å²) in [6.07, 6.45) is 2.19. The summed E-state index contributed by atoms with van der Waals surface area (Å²) in [7, 11) is 0. The maximum absolute atomic E-state index is 11.0. The van der Waals surface area contributed by atoms with Crippen molar-refractivity contribution in [2.45, 2.75) is 32.6 Å². The van der Waals surface area contributed by atoms with E-state index in [4.69, 9.17) is 5.41 Å². The quantitative estimate of drug-likeness (QED) is 0.641. The fraction of sp³-hybridized carbons (Fsp3) is 0.467. The second-order valence-corrected chi connectivity index (χ2v) is 5.15. The van der Waals surface area contributed by atoms with Crippen LogP contribution in [-0.4, -0.2) is 29.7 Å². The Bertz CT molecular complexity index is 468. The molecule has 1 aromatic carbocycles. The molecule has 118 valence electrons. The first-order valence-electron chi connectivity index (χ1n) is 6.74. The number of hydrogen-bond acceptors (Lipinski definition) is 2. The van der Waals surface area contributed by atoms with E-state index in [2.05, 4.69) is 22.3 Å². The van der Waals surface area contributed by atoms with Gasteiger partial charge in [-0.15, -0.1) is 24.8 Å². The van der Waals surface area contributed by atoms with Gasteiger partial charge < -0.3 is 10.2 Å². The van der Waals surface area contributed by atoms with Crippen LogP contribution < -0.4 is 5.32 Å². The highest BCUT2D eigenvalue weighted by atomic mass is 35.5. The largest absolute Gasteiger partial charge is 0.361 e. The maximum Gasteiger partial charge on any atom is 0.221 e. The molecular formula is C15H23Cl2N3O. The van der Waals surface area contributed by atoms with E-state index in [0.717, 1.165) is 31.6 Å². The van der Waals surface area contributed by atoms with Gasteiger partial charge in [-0.05, 0) is 43.4 Å². The molecule has 2 rings (SSSR count). The zero-order chi connectivity index (χ0) is 13.8. The van der Waals surface area contributed by atoms with Crippen LogP contribution in [0.25, 0.3) is 0 Å². The Balaban J connectivity index is 0.00000200. The second kappa shape index (κ2) is 8.90.